The number of nitrogens with zero attached hydrogens (tertiary/aromatic N) is 3. The van der Waals surface area contributed by atoms with Gasteiger partial charge in [0, 0.05) is 65.5 Å². The topological polar surface area (TPSA) is 21.1 Å². The summed E-state index contributed by atoms with van der Waals surface area (Å²) in [7, 11) is 2.01. The zero-order valence-corrected chi connectivity index (χ0v) is 13.6. The van der Waals surface area contributed by atoms with Gasteiger partial charge in [-0.05, 0) is 56.5 Å². The van der Waals surface area contributed by atoms with Gasteiger partial charge in [0.2, 0.25) is 0 Å². The molecule has 1 aromatic carbocycles. The first-order chi connectivity index (χ1) is 14.8. The van der Waals surface area contributed by atoms with Crippen LogP contribution in [0.25, 0.3) is 10.9 Å². The van der Waals surface area contributed by atoms with Crippen molar-refractivity contribution < 1.29 is 11.0 Å². The van der Waals surface area contributed by atoms with E-state index < -0.39 is 20.1 Å². The monoisotopic (exact) mass is 327 g/mol. The molecule has 0 N–H and O–H groups in total. The molecule has 4 rings (SSSR count). The Morgan fingerprint density at radius 2 is 2.21 bits per heavy atom. The first kappa shape index (κ1) is 8.82. The molecule has 0 radical (unpaired) electrons. The number of fused-ring (bicyclic) bond motifs is 3. The van der Waals surface area contributed by atoms with E-state index >= 15 is 0 Å². The Kier molecular flexibility index (Phi) is 2.23. The molecule has 1 aliphatic rings. The summed E-state index contributed by atoms with van der Waals surface area (Å²) in [6.45, 7) is -3.04. The Morgan fingerprint density at radius 3 is 3.00 bits per heavy atom. The standard InChI is InChI=1S/C21H25N3/c1-15-4-7-20-18(12-15)19-14-23(3)10-9-21(19)24(20)11-8-17-6-5-16(2)22-13-17/h4-7,12-13H,8-11,14H2,1-3H3/i1D3,2D3,8D2. The van der Waals surface area contributed by atoms with E-state index in [1.807, 2.05) is 11.6 Å². The molecule has 0 saturated heterocycles. The molecule has 24 heavy (non-hydrogen) atoms. The van der Waals surface area contributed by atoms with Crippen LogP contribution in [0.1, 0.15) is 39.0 Å². The predicted molar refractivity (Wildman–Crippen MR) is 99.4 cm³/mol. The summed E-state index contributed by atoms with van der Waals surface area (Å²) in [6, 6.07) is 7.89. The molecule has 0 aliphatic carbocycles. The Bertz CT molecular complexity index is 1140. The molecule has 0 unspecified atom stereocenters. The molecule has 2 aromatic heterocycles. The molecule has 0 bridgehead atoms. The van der Waals surface area contributed by atoms with E-state index in [2.05, 4.69) is 9.88 Å². The number of hydrogen-bond donors (Lipinski definition) is 0. The van der Waals surface area contributed by atoms with Crippen molar-refractivity contribution >= 4 is 10.9 Å². The van der Waals surface area contributed by atoms with Gasteiger partial charge in [-0.3, -0.25) is 4.98 Å². The molecular formula is C21H25N3. The van der Waals surface area contributed by atoms with E-state index in [4.69, 9.17) is 11.0 Å². The molecule has 3 nitrogen and oxygen atoms in total. The quantitative estimate of drug-likeness (QED) is 0.728. The van der Waals surface area contributed by atoms with E-state index in [0.717, 1.165) is 35.1 Å². The fraction of sp³-hybridized carbons (Fsp3) is 0.381. The summed E-state index contributed by atoms with van der Waals surface area (Å²) in [5, 5.41) is 0.840. The molecule has 124 valence electrons. The van der Waals surface area contributed by atoms with Crippen LogP contribution in [0.5, 0.6) is 0 Å². The molecular weight excluding hydrogens is 294 g/mol. The maximum Gasteiger partial charge on any atom is 0.0486 e. The van der Waals surface area contributed by atoms with Crippen LogP contribution in [0.3, 0.4) is 0 Å². The lowest BCUT2D eigenvalue weighted by molar-refractivity contribution is 0.309. The van der Waals surface area contributed by atoms with Gasteiger partial charge in [-0.1, -0.05) is 17.7 Å². The van der Waals surface area contributed by atoms with E-state index in [-0.39, 0.29) is 17.8 Å². The number of likely N-dealkylation sites (N-methyl/N-ethyl adjacent to an activating group) is 1. The second-order valence-electron chi connectivity index (χ2n) is 6.34. The zero-order chi connectivity index (χ0) is 23.5. The predicted octanol–water partition coefficient (Wildman–Crippen LogP) is 3.88. The third-order valence-corrected chi connectivity index (χ3v) is 4.65. The summed E-state index contributed by atoms with van der Waals surface area (Å²) in [5.74, 6) is 0. The van der Waals surface area contributed by atoms with E-state index in [0.29, 0.717) is 12.1 Å². The molecule has 0 atom stereocenters. The summed E-state index contributed by atoms with van der Waals surface area (Å²) in [4.78, 5) is 6.13. The molecule has 0 spiro atoms. The second kappa shape index (κ2) is 6.06. The lowest BCUT2D eigenvalue weighted by Gasteiger charge is -2.24. The average Bonchev–Trinajstić information content (AvgIpc) is 2.99. The number of benzene rings is 1. The second-order valence-corrected chi connectivity index (χ2v) is 6.34. The number of pyridine rings is 1. The van der Waals surface area contributed by atoms with E-state index in [1.165, 1.54) is 18.3 Å². The first-order valence-corrected chi connectivity index (χ1v) is 8.07. The van der Waals surface area contributed by atoms with Gasteiger partial charge < -0.3 is 9.47 Å². The highest BCUT2D eigenvalue weighted by molar-refractivity contribution is 5.86. The minimum absolute atomic E-state index is 0.0183. The van der Waals surface area contributed by atoms with Crippen molar-refractivity contribution in [1.82, 2.24) is 14.5 Å². The Labute approximate surface area is 155 Å². The smallest absolute Gasteiger partial charge is 0.0486 e. The van der Waals surface area contributed by atoms with E-state index in [9.17, 15) is 0 Å². The largest absolute Gasteiger partial charge is 0.344 e. The molecule has 0 fully saturated rings. The van der Waals surface area contributed by atoms with Crippen LogP contribution < -0.4 is 0 Å². The van der Waals surface area contributed by atoms with Crippen LogP contribution in [-0.2, 0) is 25.9 Å². The van der Waals surface area contributed by atoms with Gasteiger partial charge in [0.15, 0.2) is 0 Å². The molecule has 3 heteroatoms. The third-order valence-electron chi connectivity index (χ3n) is 4.65. The Hall–Kier alpha value is -2.13. The van der Waals surface area contributed by atoms with Crippen LogP contribution >= 0.6 is 0 Å². The maximum atomic E-state index is 8.71. The molecule has 1 aliphatic heterocycles. The number of aromatic nitrogens is 2. The van der Waals surface area contributed by atoms with Crippen molar-refractivity contribution in [2.24, 2.45) is 0 Å². The van der Waals surface area contributed by atoms with Crippen LogP contribution in [0, 0.1) is 13.7 Å². The first-order valence-electron chi connectivity index (χ1n) is 12.1. The average molecular weight is 328 g/mol. The van der Waals surface area contributed by atoms with E-state index in [1.54, 1.807) is 18.2 Å². The van der Waals surface area contributed by atoms with Crippen LogP contribution in [0.15, 0.2) is 36.5 Å². The molecule has 0 amide bonds. The highest BCUT2D eigenvalue weighted by Gasteiger charge is 2.22. The summed E-state index contributed by atoms with van der Waals surface area (Å²) in [5.41, 5.74) is 3.34. The fourth-order valence-corrected chi connectivity index (χ4v) is 3.43. The molecule has 3 heterocycles. The SMILES string of the molecule is [2H]C([2H])([2H])c1ccc2c(c1)c1c(n2CC([2H])([2H])c2ccc(C([2H])([2H])[2H])nc2)CCN(C)C1. The molecule has 3 aromatic rings. The minimum Gasteiger partial charge on any atom is -0.344 e. The highest BCUT2D eigenvalue weighted by Crippen LogP contribution is 2.31. The minimum atomic E-state index is -2.34. The summed E-state index contributed by atoms with van der Waals surface area (Å²) < 4.78 is 65.0. The fourth-order valence-electron chi connectivity index (χ4n) is 3.43. The number of hydrogen-bond acceptors (Lipinski definition) is 2. The van der Waals surface area contributed by atoms with Crippen molar-refractivity contribution in [3.63, 3.8) is 0 Å². The summed E-state index contributed by atoms with van der Waals surface area (Å²) >= 11 is 0. The van der Waals surface area contributed by atoms with Gasteiger partial charge in [0.1, 0.15) is 0 Å². The van der Waals surface area contributed by atoms with Crippen molar-refractivity contribution in [3.05, 3.63) is 64.6 Å². The van der Waals surface area contributed by atoms with Crippen molar-refractivity contribution in [2.75, 3.05) is 13.6 Å². The normalized spacial score (nSPS) is 21.5. The van der Waals surface area contributed by atoms with Gasteiger partial charge in [-0.15, -0.1) is 0 Å². The lowest BCUT2D eigenvalue weighted by Crippen LogP contribution is -2.27. The highest BCUT2D eigenvalue weighted by atomic mass is 15.1. The van der Waals surface area contributed by atoms with Gasteiger partial charge in [0.25, 0.3) is 0 Å². The Morgan fingerprint density at radius 1 is 1.25 bits per heavy atom. The van der Waals surface area contributed by atoms with Gasteiger partial charge in [0.05, 0.1) is 0 Å². The van der Waals surface area contributed by atoms with Crippen molar-refractivity contribution in [2.45, 2.75) is 39.6 Å². The zero-order valence-electron chi connectivity index (χ0n) is 21.6. The van der Waals surface area contributed by atoms with Crippen LogP contribution in [0.2, 0.25) is 0 Å². The summed E-state index contributed by atoms with van der Waals surface area (Å²) in [6.07, 6.45) is 0.225. The van der Waals surface area contributed by atoms with Gasteiger partial charge in [-0.25, -0.2) is 0 Å². The van der Waals surface area contributed by atoms with Crippen molar-refractivity contribution in [1.29, 1.82) is 0 Å². The van der Waals surface area contributed by atoms with Gasteiger partial charge >= 0.3 is 0 Å². The van der Waals surface area contributed by atoms with Crippen LogP contribution in [-0.4, -0.2) is 28.0 Å². The van der Waals surface area contributed by atoms with Crippen molar-refractivity contribution in [3.8, 4) is 0 Å². The third kappa shape index (κ3) is 2.73. The Balaban J connectivity index is 1.78. The van der Waals surface area contributed by atoms with Crippen LogP contribution in [0.4, 0.5) is 0 Å². The molecule has 0 saturated carbocycles. The maximum absolute atomic E-state index is 8.71. The number of aryl methyl sites for hydroxylation is 4. The van der Waals surface area contributed by atoms with Gasteiger partial charge in [-0.2, -0.15) is 0 Å². The lowest BCUT2D eigenvalue weighted by atomic mass is 10.0. The number of rotatable bonds is 3.